The van der Waals surface area contributed by atoms with Crippen LogP contribution in [-0.2, 0) is 56.8 Å². The number of H-pyrrole nitrogens is 2. The van der Waals surface area contributed by atoms with Gasteiger partial charge in [0.15, 0.2) is 0 Å². The van der Waals surface area contributed by atoms with Crippen LogP contribution in [0.25, 0.3) is 69.7 Å². The zero-order valence-electron chi connectivity index (χ0n) is 68.6. The van der Waals surface area contributed by atoms with Gasteiger partial charge in [-0.3, -0.25) is 19.4 Å². The van der Waals surface area contributed by atoms with Gasteiger partial charge < -0.3 is 18.9 Å². The van der Waals surface area contributed by atoms with Crippen LogP contribution >= 0.6 is 80.7 Å². The topological polar surface area (TPSA) is 148 Å². The summed E-state index contributed by atoms with van der Waals surface area (Å²) >= 11 is 33.8. The number of halogens is 5. The van der Waals surface area contributed by atoms with E-state index in [0.29, 0.717) is 5.15 Å². The predicted molar refractivity (Wildman–Crippen MR) is 474 cm³/mol. The molecule has 1 aliphatic carbocycles. The fourth-order valence-corrected chi connectivity index (χ4v) is 14.5. The minimum Gasteiger partial charge on any atom is -0.358 e. The summed E-state index contributed by atoms with van der Waals surface area (Å²) in [6.45, 7) is 52.4. The van der Waals surface area contributed by atoms with Crippen molar-refractivity contribution in [2.24, 2.45) is 7.05 Å². The first-order chi connectivity index (χ1) is 51.0. The number of imidazole rings is 2. The molecule has 0 saturated carbocycles. The smallest absolute Gasteiger partial charge is 0.141 e. The quantitative estimate of drug-likeness (QED) is 0.152. The third kappa shape index (κ3) is 22.2. The van der Waals surface area contributed by atoms with Crippen LogP contribution in [0.2, 0.25) is 20.2 Å². The number of thiazole rings is 2. The zero-order valence-corrected chi connectivity index (χ0v) is 74.0. The van der Waals surface area contributed by atoms with Crippen molar-refractivity contribution >= 4 is 150 Å². The van der Waals surface area contributed by atoms with Crippen LogP contribution in [-0.4, -0.2) is 63.2 Å². The van der Waals surface area contributed by atoms with E-state index in [9.17, 15) is 0 Å². The standard InChI is InChI=1S/C12H15ClN2.C12H14ClN.C11H13ClN2.2C11H12ClNS.3C11H14N2/c1-12(2,3)8-5-9-10(13)7-15(4)11(9)14-6-8;1-12(2,3)8-6-9-10(13)4-5-11(9)14-7-8;1-11(2,3)8-4-5-10-13-6-9(12)14(10)7-8;1-11(2,3)10-13-9-7(12)5-4-6-8(9)14-10;1-11(2,3)10-13-8-6-4-5-7(12)9(8)14-10;1-11(2,3)10-6-8-7-12-5-4-9(8)13-10;1-11(2,3)9-4-5-10-12-6-7-13(10)8-9;1-11(2,3)10-7-9-8(13-10)5-4-6-12-9/h5-7H,1-4H3;4,6-7H,5H2,1-3H3;4-7H,1-3H3;2*4-6H,1-3H3;4-7,13H,1-3H3;4-8H,1-3H3;4-7,13H,1-3H3. The Morgan fingerprint density at radius 2 is 1.03 bits per heavy atom. The number of fused-ring (bicyclic) bond motifs is 8. The average Bonchev–Trinajstić information content (AvgIpc) is 1.69. The van der Waals surface area contributed by atoms with Gasteiger partial charge in [0.1, 0.15) is 27.6 Å². The van der Waals surface area contributed by atoms with Crippen LogP contribution in [0.4, 0.5) is 0 Å². The number of aryl methyl sites for hydroxylation is 1. The minimum absolute atomic E-state index is 0.104. The highest BCUT2D eigenvalue weighted by molar-refractivity contribution is 7.19. The van der Waals surface area contributed by atoms with Crippen molar-refractivity contribution in [2.45, 2.75) is 216 Å². The molecule has 13 nitrogen and oxygen atoms in total. The number of aromatic nitrogens is 13. The Labute approximate surface area is 683 Å². The van der Waals surface area contributed by atoms with Gasteiger partial charge in [0.25, 0.3) is 0 Å². The Bertz CT molecular complexity index is 5390. The van der Waals surface area contributed by atoms with E-state index < -0.39 is 0 Å². The van der Waals surface area contributed by atoms with Gasteiger partial charge in [-0.15, -0.1) is 22.7 Å². The van der Waals surface area contributed by atoms with Crippen LogP contribution in [0.3, 0.4) is 0 Å². The Morgan fingerprint density at radius 1 is 0.436 bits per heavy atom. The van der Waals surface area contributed by atoms with Crippen LogP contribution < -0.4 is 0 Å². The Hall–Kier alpha value is -7.99. The number of allylic oxidation sites excluding steroid dienone is 1. The number of rotatable bonds is 0. The summed E-state index contributed by atoms with van der Waals surface area (Å²) in [6, 6.07) is 34.6. The molecule has 13 aromatic heterocycles. The lowest BCUT2D eigenvalue weighted by molar-refractivity contribution is 0.574. The maximum absolute atomic E-state index is 6.14. The summed E-state index contributed by atoms with van der Waals surface area (Å²) in [5.41, 5.74) is 19.0. The maximum atomic E-state index is 6.14. The molecule has 110 heavy (non-hydrogen) atoms. The molecule has 0 aliphatic heterocycles. The van der Waals surface area contributed by atoms with Gasteiger partial charge in [-0.25, -0.2) is 24.9 Å². The highest BCUT2D eigenvalue weighted by Gasteiger charge is 2.25. The predicted octanol–water partition coefficient (Wildman–Crippen LogP) is 27.2. The van der Waals surface area contributed by atoms with Crippen molar-refractivity contribution in [1.29, 1.82) is 0 Å². The summed E-state index contributed by atoms with van der Waals surface area (Å²) in [5, 5.41) is 8.32. The normalized spacial score (nSPS) is 12.7. The summed E-state index contributed by atoms with van der Waals surface area (Å²) in [5.74, 6) is 0. The Balaban J connectivity index is 0.000000145. The Kier molecular flexibility index (Phi) is 26.7. The van der Waals surface area contributed by atoms with E-state index in [1.165, 1.54) is 49.2 Å². The fraction of sp³-hybridized carbons (Fsp3) is 0.378. The second-order valence-electron chi connectivity index (χ2n) is 36.0. The minimum atomic E-state index is 0.104. The molecule has 2 aromatic carbocycles. The van der Waals surface area contributed by atoms with E-state index in [0.717, 1.165) is 96.9 Å². The molecule has 0 fully saturated rings. The lowest BCUT2D eigenvalue weighted by Gasteiger charge is -2.19. The number of nitrogens with one attached hydrogen (secondary N) is 2. The van der Waals surface area contributed by atoms with Crippen molar-refractivity contribution in [3.63, 3.8) is 0 Å². The fourth-order valence-electron chi connectivity index (χ4n) is 11.2. The molecule has 0 saturated heterocycles. The number of para-hydroxylation sites is 1. The molecule has 0 bridgehead atoms. The van der Waals surface area contributed by atoms with Gasteiger partial charge in [0.2, 0.25) is 0 Å². The highest BCUT2D eigenvalue weighted by Crippen LogP contribution is 2.38. The van der Waals surface area contributed by atoms with E-state index >= 15 is 0 Å². The van der Waals surface area contributed by atoms with Gasteiger partial charge in [0.05, 0.1) is 62.9 Å². The SMILES string of the molecule is CC(C)(C)c1cc2cnccc2[nH]1.CC(C)(C)c1cc2ncccc2[nH]1.CC(C)(C)c1ccc2ncc(Cl)n2c1.CC(C)(C)c1ccc2nccn2c1.CC(C)(C)c1cnc2c(c1)C(Cl)=CC2.CC(C)(C)c1nc2c(Cl)cccc2s1.CC(C)(C)c1nc2cccc(Cl)c2s1.Cn1cc(Cl)c2cc(C(C)(C)C)cnc21. The van der Waals surface area contributed by atoms with Crippen molar-refractivity contribution in [3.8, 4) is 0 Å². The van der Waals surface area contributed by atoms with Crippen LogP contribution in [0.5, 0.6) is 0 Å². The second-order valence-corrected chi connectivity index (χ2v) is 40.0. The van der Waals surface area contributed by atoms with Gasteiger partial charge in [0, 0.05) is 135 Å². The summed E-state index contributed by atoms with van der Waals surface area (Å²) in [7, 11) is 1.96. The summed E-state index contributed by atoms with van der Waals surface area (Å²) < 4.78 is 8.17. The third-order valence-corrected chi connectivity index (χ3v) is 22.9. The van der Waals surface area contributed by atoms with Gasteiger partial charge >= 0.3 is 0 Å². The molecule has 13 heterocycles. The second kappa shape index (κ2) is 34.1. The maximum Gasteiger partial charge on any atom is 0.141 e. The number of aromatic amines is 2. The largest absolute Gasteiger partial charge is 0.358 e. The van der Waals surface area contributed by atoms with E-state index in [4.69, 9.17) is 58.0 Å². The van der Waals surface area contributed by atoms with Gasteiger partial charge in [-0.05, 0) is 123 Å². The Morgan fingerprint density at radius 3 is 1.64 bits per heavy atom. The van der Waals surface area contributed by atoms with E-state index in [1.54, 1.807) is 28.9 Å². The number of hydrogen-bond donors (Lipinski definition) is 2. The number of nitrogens with zero attached hydrogens (tertiary/aromatic N) is 11. The monoisotopic (exact) mass is 1610 g/mol. The van der Waals surface area contributed by atoms with Crippen molar-refractivity contribution in [2.75, 3.05) is 0 Å². The van der Waals surface area contributed by atoms with Crippen LogP contribution in [0, 0.1) is 0 Å². The molecule has 0 amide bonds. The van der Waals surface area contributed by atoms with E-state index in [2.05, 4.69) is 281 Å². The number of benzene rings is 2. The van der Waals surface area contributed by atoms with Crippen molar-refractivity contribution < 1.29 is 0 Å². The molecule has 2 N–H and O–H groups in total. The molecule has 1 aliphatic rings. The number of pyridine rings is 6. The van der Waals surface area contributed by atoms with Crippen molar-refractivity contribution in [1.82, 2.24) is 63.2 Å². The first-order valence-electron chi connectivity index (χ1n) is 37.1. The average molecular weight is 1610 g/mol. The molecule has 0 unspecified atom stereocenters. The van der Waals surface area contributed by atoms with Crippen molar-refractivity contribution in [3.05, 3.63) is 253 Å². The first-order valence-corrected chi connectivity index (χ1v) is 40.6. The molecule has 0 atom stereocenters. The van der Waals surface area contributed by atoms with Gasteiger partial charge in [-0.1, -0.05) is 255 Å². The highest BCUT2D eigenvalue weighted by atomic mass is 35.5. The lowest BCUT2D eigenvalue weighted by atomic mass is 9.87. The van der Waals surface area contributed by atoms with Crippen LogP contribution in [0.15, 0.2) is 177 Å². The third-order valence-electron chi connectivity index (χ3n) is 18.2. The molecule has 0 spiro atoms. The summed E-state index contributed by atoms with van der Waals surface area (Å²) in [4.78, 5) is 41.6. The lowest BCUT2D eigenvalue weighted by Crippen LogP contribution is -2.12. The van der Waals surface area contributed by atoms with Gasteiger partial charge in [-0.2, -0.15) is 0 Å². The zero-order chi connectivity index (χ0) is 81.0. The van der Waals surface area contributed by atoms with E-state index in [1.807, 2.05) is 126 Å². The molecule has 0 radical (unpaired) electrons. The summed E-state index contributed by atoms with van der Waals surface area (Å²) in [6.07, 6.45) is 23.9. The molecular weight excluding hydrogens is 1500 g/mol. The van der Waals surface area contributed by atoms with E-state index in [-0.39, 0.29) is 43.3 Å². The number of hydrogen-bond acceptors (Lipinski definition) is 10. The molecule has 15 aromatic rings. The molecule has 580 valence electrons. The first kappa shape index (κ1) is 86.0. The molecular formula is C90H108Cl5N13S2. The molecule has 16 rings (SSSR count). The molecule has 20 heteroatoms. The van der Waals surface area contributed by atoms with Crippen LogP contribution in [0.1, 0.15) is 221 Å².